The summed E-state index contributed by atoms with van der Waals surface area (Å²) >= 11 is 1.93. The molecule has 1 N–H and O–H groups in total. The highest BCUT2D eigenvalue weighted by Gasteiger charge is 2.24. The van der Waals surface area contributed by atoms with Crippen LogP contribution in [-0.2, 0) is 13.0 Å². The van der Waals surface area contributed by atoms with Crippen LogP contribution in [-0.4, -0.2) is 11.5 Å². The van der Waals surface area contributed by atoms with Crippen LogP contribution in [0.1, 0.15) is 61.5 Å². The molecule has 3 heteroatoms. The van der Waals surface area contributed by atoms with Crippen LogP contribution in [0, 0.1) is 5.92 Å². The Morgan fingerprint density at radius 3 is 2.76 bits per heavy atom. The van der Waals surface area contributed by atoms with Crippen LogP contribution >= 0.6 is 11.3 Å². The Hall–Kier alpha value is -0.410. The van der Waals surface area contributed by atoms with Gasteiger partial charge in [-0.05, 0) is 37.6 Å². The summed E-state index contributed by atoms with van der Waals surface area (Å²) in [7, 11) is 0. The third kappa shape index (κ3) is 3.78. The van der Waals surface area contributed by atoms with Crippen LogP contribution in [0.15, 0.2) is 0 Å². The van der Waals surface area contributed by atoms with Gasteiger partial charge in [0.15, 0.2) is 0 Å². The molecule has 1 fully saturated rings. The van der Waals surface area contributed by atoms with Crippen LogP contribution in [0.3, 0.4) is 0 Å². The van der Waals surface area contributed by atoms with Crippen LogP contribution in [0.5, 0.6) is 0 Å². The van der Waals surface area contributed by atoms with Gasteiger partial charge in [0.2, 0.25) is 0 Å². The number of hydrogen-bond acceptors (Lipinski definition) is 3. The first-order valence-corrected chi connectivity index (χ1v) is 7.71. The highest BCUT2D eigenvalue weighted by atomic mass is 32.1. The van der Waals surface area contributed by atoms with Gasteiger partial charge in [0, 0.05) is 17.8 Å². The van der Waals surface area contributed by atoms with Crippen molar-refractivity contribution in [3.05, 3.63) is 15.6 Å². The second-order valence-electron chi connectivity index (χ2n) is 5.39. The average molecular weight is 252 g/mol. The normalized spacial score (nSPS) is 15.8. The molecule has 1 saturated carbocycles. The third-order valence-electron chi connectivity index (χ3n) is 3.19. The third-order valence-corrected chi connectivity index (χ3v) is 4.28. The summed E-state index contributed by atoms with van der Waals surface area (Å²) < 4.78 is 0. The van der Waals surface area contributed by atoms with Crippen molar-refractivity contribution in [2.75, 3.05) is 6.54 Å². The van der Waals surface area contributed by atoms with Crippen LogP contribution in [0.25, 0.3) is 0 Å². The molecular formula is C14H24N2S. The van der Waals surface area contributed by atoms with Crippen molar-refractivity contribution in [2.24, 2.45) is 5.92 Å². The van der Waals surface area contributed by atoms with Gasteiger partial charge in [0.05, 0.1) is 10.7 Å². The second kappa shape index (κ2) is 5.96. The largest absolute Gasteiger partial charge is 0.312 e. The standard InChI is InChI=1S/C14H24N2S/c1-4-7-15-9-12-14(10(2)3)16-13(17-12)8-11-5-6-11/h10-11,15H,4-9H2,1-3H3. The summed E-state index contributed by atoms with van der Waals surface area (Å²) in [5, 5.41) is 4.86. The molecule has 2 nitrogen and oxygen atoms in total. The number of nitrogens with one attached hydrogen (secondary N) is 1. The first kappa shape index (κ1) is 13.0. The molecule has 96 valence electrons. The van der Waals surface area contributed by atoms with E-state index in [9.17, 15) is 0 Å². The maximum Gasteiger partial charge on any atom is 0.0934 e. The molecule has 1 aromatic heterocycles. The topological polar surface area (TPSA) is 24.9 Å². The molecule has 0 aromatic carbocycles. The molecule has 0 saturated heterocycles. The van der Waals surface area contributed by atoms with E-state index in [1.807, 2.05) is 11.3 Å². The van der Waals surface area contributed by atoms with E-state index in [0.29, 0.717) is 5.92 Å². The van der Waals surface area contributed by atoms with E-state index in [0.717, 1.165) is 19.0 Å². The first-order valence-electron chi connectivity index (χ1n) is 6.89. The van der Waals surface area contributed by atoms with E-state index in [1.54, 1.807) is 0 Å². The maximum atomic E-state index is 4.85. The van der Waals surface area contributed by atoms with Gasteiger partial charge in [-0.25, -0.2) is 4.98 Å². The van der Waals surface area contributed by atoms with Crippen molar-refractivity contribution >= 4 is 11.3 Å². The Kier molecular flexibility index (Phi) is 4.57. The molecule has 1 aromatic rings. The zero-order valence-corrected chi connectivity index (χ0v) is 12.1. The lowest BCUT2D eigenvalue weighted by Gasteiger charge is -2.05. The summed E-state index contributed by atoms with van der Waals surface area (Å²) in [4.78, 5) is 6.31. The molecule has 0 atom stereocenters. The molecule has 1 aliphatic rings. The predicted molar refractivity (Wildman–Crippen MR) is 74.6 cm³/mol. The zero-order chi connectivity index (χ0) is 12.3. The lowest BCUT2D eigenvalue weighted by atomic mass is 10.1. The van der Waals surface area contributed by atoms with Gasteiger partial charge in [-0.1, -0.05) is 20.8 Å². The summed E-state index contributed by atoms with van der Waals surface area (Å²) in [5.41, 5.74) is 1.33. The Bertz CT molecular complexity index is 353. The van der Waals surface area contributed by atoms with Gasteiger partial charge < -0.3 is 5.32 Å². The molecule has 0 bridgehead atoms. The Balaban J connectivity index is 2.01. The minimum atomic E-state index is 0.553. The monoisotopic (exact) mass is 252 g/mol. The van der Waals surface area contributed by atoms with Gasteiger partial charge in [-0.15, -0.1) is 11.3 Å². The van der Waals surface area contributed by atoms with Gasteiger partial charge in [-0.3, -0.25) is 0 Å². The smallest absolute Gasteiger partial charge is 0.0934 e. The van der Waals surface area contributed by atoms with E-state index in [-0.39, 0.29) is 0 Å². The highest BCUT2D eigenvalue weighted by Crippen LogP contribution is 2.35. The summed E-state index contributed by atoms with van der Waals surface area (Å²) in [5.74, 6) is 1.50. The van der Waals surface area contributed by atoms with Crippen molar-refractivity contribution in [1.82, 2.24) is 10.3 Å². The molecule has 17 heavy (non-hydrogen) atoms. The zero-order valence-electron chi connectivity index (χ0n) is 11.3. The van der Waals surface area contributed by atoms with Crippen molar-refractivity contribution in [2.45, 2.75) is 58.9 Å². The van der Waals surface area contributed by atoms with Gasteiger partial charge in [-0.2, -0.15) is 0 Å². The van der Waals surface area contributed by atoms with Crippen molar-refractivity contribution < 1.29 is 0 Å². The van der Waals surface area contributed by atoms with Gasteiger partial charge in [0.25, 0.3) is 0 Å². The van der Waals surface area contributed by atoms with Crippen molar-refractivity contribution in [3.63, 3.8) is 0 Å². The average Bonchev–Trinajstić information content (AvgIpc) is 2.99. The lowest BCUT2D eigenvalue weighted by molar-refractivity contribution is 0.669. The van der Waals surface area contributed by atoms with Crippen LogP contribution in [0.2, 0.25) is 0 Å². The SMILES string of the molecule is CCCNCc1sc(CC2CC2)nc1C(C)C. The minimum Gasteiger partial charge on any atom is -0.312 e. The number of thiazole rings is 1. The second-order valence-corrected chi connectivity index (χ2v) is 6.56. The van der Waals surface area contributed by atoms with Crippen molar-refractivity contribution in [3.8, 4) is 0 Å². The first-order chi connectivity index (χ1) is 8.20. The Morgan fingerprint density at radius 2 is 2.18 bits per heavy atom. The molecule has 0 spiro atoms. The predicted octanol–water partition coefficient (Wildman–Crippen LogP) is 3.72. The number of rotatable bonds is 7. The number of aromatic nitrogens is 1. The van der Waals surface area contributed by atoms with E-state index >= 15 is 0 Å². The van der Waals surface area contributed by atoms with E-state index in [2.05, 4.69) is 26.1 Å². The molecule has 0 aliphatic heterocycles. The van der Waals surface area contributed by atoms with Crippen LogP contribution < -0.4 is 5.32 Å². The highest BCUT2D eigenvalue weighted by molar-refractivity contribution is 7.11. The van der Waals surface area contributed by atoms with Crippen molar-refractivity contribution in [1.29, 1.82) is 0 Å². The molecular weight excluding hydrogens is 228 g/mol. The number of nitrogens with zero attached hydrogens (tertiary/aromatic N) is 1. The van der Waals surface area contributed by atoms with Crippen LogP contribution in [0.4, 0.5) is 0 Å². The summed E-state index contributed by atoms with van der Waals surface area (Å²) in [6, 6.07) is 0. The summed E-state index contributed by atoms with van der Waals surface area (Å²) in [6.45, 7) is 8.82. The Morgan fingerprint density at radius 1 is 1.41 bits per heavy atom. The molecule has 1 heterocycles. The van der Waals surface area contributed by atoms with E-state index in [4.69, 9.17) is 4.98 Å². The molecule has 2 rings (SSSR count). The fourth-order valence-corrected chi connectivity index (χ4v) is 3.33. The fourth-order valence-electron chi connectivity index (χ4n) is 2.03. The maximum absolute atomic E-state index is 4.85. The van der Waals surface area contributed by atoms with E-state index in [1.165, 1.54) is 41.3 Å². The molecule has 1 aliphatic carbocycles. The minimum absolute atomic E-state index is 0.553. The quantitative estimate of drug-likeness (QED) is 0.748. The molecule has 0 amide bonds. The van der Waals surface area contributed by atoms with Gasteiger partial charge in [0.1, 0.15) is 0 Å². The molecule has 0 radical (unpaired) electrons. The molecule has 0 unspecified atom stereocenters. The Labute approximate surface area is 109 Å². The van der Waals surface area contributed by atoms with Gasteiger partial charge >= 0.3 is 0 Å². The lowest BCUT2D eigenvalue weighted by Crippen LogP contribution is -2.14. The fraction of sp³-hybridized carbons (Fsp3) is 0.786. The summed E-state index contributed by atoms with van der Waals surface area (Å²) in [6.07, 6.45) is 5.25. The number of hydrogen-bond donors (Lipinski definition) is 1. The van der Waals surface area contributed by atoms with E-state index < -0.39 is 0 Å².